The minimum absolute atomic E-state index is 0.0337. The summed E-state index contributed by atoms with van der Waals surface area (Å²) in [5.74, 6) is -0.0337. The number of benzene rings is 1. The molecule has 0 saturated carbocycles. The summed E-state index contributed by atoms with van der Waals surface area (Å²) in [6.07, 6.45) is 1.72. The van der Waals surface area contributed by atoms with Crippen molar-refractivity contribution in [2.75, 3.05) is 6.61 Å². The van der Waals surface area contributed by atoms with Gasteiger partial charge in [0.2, 0.25) is 0 Å². The van der Waals surface area contributed by atoms with Crippen LogP contribution in [0, 0.1) is 0 Å². The number of carbonyl (C=O) groups excluding carboxylic acids is 1. The third kappa shape index (κ3) is 3.50. The molecule has 98 valence electrons. The molecule has 0 aromatic heterocycles. The number of nitrogens with one attached hydrogen (secondary N) is 1. The fourth-order valence-corrected chi connectivity index (χ4v) is 2.50. The second kappa shape index (κ2) is 5.33. The van der Waals surface area contributed by atoms with E-state index in [4.69, 9.17) is 4.74 Å². The van der Waals surface area contributed by atoms with Crippen LogP contribution in [0.4, 0.5) is 0 Å². The molecule has 1 saturated heterocycles. The van der Waals surface area contributed by atoms with Crippen molar-refractivity contribution >= 4 is 18.5 Å². The van der Waals surface area contributed by atoms with Gasteiger partial charge in [-0.2, -0.15) is 0 Å². The van der Waals surface area contributed by atoms with Crippen LogP contribution >= 0.6 is 12.6 Å². The maximum atomic E-state index is 12.1. The van der Waals surface area contributed by atoms with Crippen molar-refractivity contribution < 1.29 is 9.53 Å². The lowest BCUT2D eigenvalue weighted by Crippen LogP contribution is -2.45. The summed E-state index contributed by atoms with van der Waals surface area (Å²) in [6.45, 7) is 4.81. The molecule has 1 fully saturated rings. The van der Waals surface area contributed by atoms with E-state index in [0.717, 1.165) is 17.7 Å². The summed E-state index contributed by atoms with van der Waals surface area (Å²) in [6, 6.07) is 7.47. The van der Waals surface area contributed by atoms with Gasteiger partial charge >= 0.3 is 0 Å². The fourth-order valence-electron chi connectivity index (χ4n) is 2.27. The summed E-state index contributed by atoms with van der Waals surface area (Å²) in [5.41, 5.74) is 0.508. The van der Waals surface area contributed by atoms with Crippen LogP contribution in [-0.2, 0) is 4.74 Å². The van der Waals surface area contributed by atoms with Crippen LogP contribution in [0.5, 0.6) is 0 Å². The molecule has 0 spiro atoms. The van der Waals surface area contributed by atoms with E-state index < -0.39 is 0 Å². The Labute approximate surface area is 113 Å². The molecule has 3 nitrogen and oxygen atoms in total. The van der Waals surface area contributed by atoms with E-state index in [-0.39, 0.29) is 17.6 Å². The predicted octanol–water partition coefficient (Wildman–Crippen LogP) is 2.66. The lowest BCUT2D eigenvalue weighted by Gasteiger charge is -2.35. The topological polar surface area (TPSA) is 38.3 Å². The first-order valence-electron chi connectivity index (χ1n) is 6.20. The monoisotopic (exact) mass is 265 g/mol. The molecule has 1 atom stereocenters. The maximum Gasteiger partial charge on any atom is 0.251 e. The minimum Gasteiger partial charge on any atom is -0.375 e. The van der Waals surface area contributed by atoms with Gasteiger partial charge in [-0.25, -0.2) is 0 Å². The zero-order valence-electron chi connectivity index (χ0n) is 10.8. The van der Waals surface area contributed by atoms with E-state index in [1.807, 2.05) is 12.1 Å². The first-order chi connectivity index (χ1) is 8.46. The Morgan fingerprint density at radius 1 is 1.50 bits per heavy atom. The molecule has 0 aliphatic carbocycles. The van der Waals surface area contributed by atoms with Crippen LogP contribution in [-0.4, -0.2) is 24.2 Å². The number of ether oxygens (including phenoxy) is 1. The van der Waals surface area contributed by atoms with Crippen molar-refractivity contribution in [3.63, 3.8) is 0 Å². The Bertz CT molecular complexity index is 445. The molecule has 18 heavy (non-hydrogen) atoms. The van der Waals surface area contributed by atoms with Gasteiger partial charge in [-0.3, -0.25) is 4.79 Å². The van der Waals surface area contributed by atoms with Gasteiger partial charge in [0.15, 0.2) is 0 Å². The van der Waals surface area contributed by atoms with Crippen molar-refractivity contribution in [1.29, 1.82) is 0 Å². The van der Waals surface area contributed by atoms with Gasteiger partial charge in [0.05, 0.1) is 5.60 Å². The van der Waals surface area contributed by atoms with Gasteiger partial charge in [-0.15, -0.1) is 12.6 Å². The summed E-state index contributed by atoms with van der Waals surface area (Å²) < 4.78 is 5.64. The molecule has 1 aliphatic heterocycles. The molecule has 1 N–H and O–H groups in total. The first kappa shape index (κ1) is 13.4. The number of rotatable bonds is 2. The molecule has 1 aromatic carbocycles. The smallest absolute Gasteiger partial charge is 0.251 e. The summed E-state index contributed by atoms with van der Waals surface area (Å²) >= 11 is 4.24. The summed E-state index contributed by atoms with van der Waals surface area (Å²) in [5, 5.41) is 3.07. The number of carbonyl (C=O) groups is 1. The Balaban J connectivity index is 1.99. The van der Waals surface area contributed by atoms with E-state index in [2.05, 4.69) is 31.8 Å². The number of hydrogen-bond donors (Lipinski definition) is 2. The molecule has 1 heterocycles. The fraction of sp³-hybridized carbons (Fsp3) is 0.500. The van der Waals surface area contributed by atoms with Crippen molar-refractivity contribution in [3.8, 4) is 0 Å². The molecule has 4 heteroatoms. The van der Waals surface area contributed by atoms with Crippen molar-refractivity contribution in [2.45, 2.75) is 43.2 Å². The van der Waals surface area contributed by atoms with E-state index >= 15 is 0 Å². The van der Waals surface area contributed by atoms with Gasteiger partial charge in [-0.05, 0) is 44.9 Å². The molecule has 1 aliphatic rings. The van der Waals surface area contributed by atoms with E-state index in [1.165, 1.54) is 0 Å². The zero-order valence-corrected chi connectivity index (χ0v) is 11.7. The molecular formula is C14H19NO2S. The molecular weight excluding hydrogens is 246 g/mol. The number of thiol groups is 1. The molecule has 0 radical (unpaired) electrons. The van der Waals surface area contributed by atoms with Gasteiger partial charge < -0.3 is 10.1 Å². The quantitative estimate of drug-likeness (QED) is 0.807. The van der Waals surface area contributed by atoms with Crippen LogP contribution < -0.4 is 5.32 Å². The Morgan fingerprint density at radius 2 is 2.28 bits per heavy atom. The first-order valence-corrected chi connectivity index (χ1v) is 6.65. The Kier molecular flexibility index (Phi) is 3.97. The number of hydrogen-bond acceptors (Lipinski definition) is 3. The normalized spacial score (nSPS) is 22.5. The molecule has 1 amide bonds. The van der Waals surface area contributed by atoms with Crippen LogP contribution in [0.1, 0.15) is 37.0 Å². The molecule has 1 unspecified atom stereocenters. The van der Waals surface area contributed by atoms with E-state index in [0.29, 0.717) is 12.2 Å². The lowest BCUT2D eigenvalue weighted by atomic mass is 9.94. The van der Waals surface area contributed by atoms with Crippen LogP contribution in [0.15, 0.2) is 29.2 Å². The van der Waals surface area contributed by atoms with Crippen LogP contribution in [0.3, 0.4) is 0 Å². The Hall–Kier alpha value is -1.00. The third-order valence-electron chi connectivity index (χ3n) is 3.14. The minimum atomic E-state index is -0.151. The highest BCUT2D eigenvalue weighted by Gasteiger charge is 2.29. The molecule has 0 bridgehead atoms. The van der Waals surface area contributed by atoms with Gasteiger partial charge in [0, 0.05) is 23.1 Å². The summed E-state index contributed by atoms with van der Waals surface area (Å²) in [4.78, 5) is 12.9. The summed E-state index contributed by atoms with van der Waals surface area (Å²) in [7, 11) is 0. The third-order valence-corrected chi connectivity index (χ3v) is 3.42. The highest BCUT2D eigenvalue weighted by atomic mass is 32.1. The van der Waals surface area contributed by atoms with E-state index in [9.17, 15) is 4.79 Å². The van der Waals surface area contributed by atoms with Gasteiger partial charge in [0.1, 0.15) is 0 Å². The standard InChI is InChI=1S/C14H19NO2S/c1-14(2)9-11(6-7-17-14)15-13(16)10-4-3-5-12(18)8-10/h3-5,8,11,18H,6-7,9H2,1-2H3,(H,15,16). The average molecular weight is 265 g/mol. The second-order valence-corrected chi connectivity index (χ2v) is 5.84. The number of amides is 1. The highest BCUT2D eigenvalue weighted by molar-refractivity contribution is 7.80. The van der Waals surface area contributed by atoms with Crippen LogP contribution in [0.25, 0.3) is 0 Å². The van der Waals surface area contributed by atoms with Crippen LogP contribution in [0.2, 0.25) is 0 Å². The SMILES string of the molecule is CC1(C)CC(NC(=O)c2cccc(S)c2)CCO1. The average Bonchev–Trinajstić information content (AvgIpc) is 2.27. The lowest BCUT2D eigenvalue weighted by molar-refractivity contribution is -0.0615. The van der Waals surface area contributed by atoms with Crippen molar-refractivity contribution in [2.24, 2.45) is 0 Å². The largest absolute Gasteiger partial charge is 0.375 e. The zero-order chi connectivity index (χ0) is 13.2. The molecule has 2 rings (SSSR count). The highest BCUT2D eigenvalue weighted by Crippen LogP contribution is 2.24. The maximum absolute atomic E-state index is 12.1. The second-order valence-electron chi connectivity index (χ2n) is 5.32. The van der Waals surface area contributed by atoms with E-state index in [1.54, 1.807) is 12.1 Å². The van der Waals surface area contributed by atoms with Crippen molar-refractivity contribution in [3.05, 3.63) is 29.8 Å². The van der Waals surface area contributed by atoms with Gasteiger partial charge in [0.25, 0.3) is 5.91 Å². The van der Waals surface area contributed by atoms with Crippen molar-refractivity contribution in [1.82, 2.24) is 5.32 Å². The predicted molar refractivity (Wildman–Crippen MR) is 74.2 cm³/mol. The van der Waals surface area contributed by atoms with Gasteiger partial charge in [-0.1, -0.05) is 6.07 Å². The molecule has 1 aromatic rings. The Morgan fingerprint density at radius 3 is 2.94 bits per heavy atom.